The van der Waals surface area contributed by atoms with Crippen LogP contribution in [0.25, 0.3) is 22.4 Å². The lowest BCUT2D eigenvalue weighted by atomic mass is 10.1. The van der Waals surface area contributed by atoms with Crippen molar-refractivity contribution in [3.63, 3.8) is 0 Å². The number of rotatable bonds is 7. The summed E-state index contributed by atoms with van der Waals surface area (Å²) in [6.07, 6.45) is 0. The third kappa shape index (κ3) is 4.33. The normalized spacial score (nSPS) is 12.7. The fourth-order valence-electron chi connectivity index (χ4n) is 3.24. The van der Waals surface area contributed by atoms with Crippen molar-refractivity contribution in [2.75, 3.05) is 6.61 Å². The Labute approximate surface area is 178 Å². The Bertz CT molecular complexity index is 1330. The van der Waals surface area contributed by atoms with Gasteiger partial charge in [-0.25, -0.2) is 18.1 Å². The largest absolute Gasteiger partial charge is 0.394 e. The highest BCUT2D eigenvalue weighted by atomic mass is 32.2. The number of amides is 1. The van der Waals surface area contributed by atoms with Gasteiger partial charge in [0, 0.05) is 11.1 Å². The van der Waals surface area contributed by atoms with Crippen LogP contribution in [0, 0.1) is 0 Å². The van der Waals surface area contributed by atoms with Gasteiger partial charge < -0.3 is 15.8 Å². The van der Waals surface area contributed by atoms with E-state index in [1.807, 2.05) is 6.07 Å². The molecule has 1 unspecified atom stereocenters. The van der Waals surface area contributed by atoms with Gasteiger partial charge in [-0.3, -0.25) is 4.79 Å². The van der Waals surface area contributed by atoms with Crippen molar-refractivity contribution in [2.45, 2.75) is 10.9 Å². The smallest absolute Gasteiger partial charge is 0.248 e. The first kappa shape index (κ1) is 20.7. The average Bonchev–Trinajstić information content (AvgIpc) is 3.21. The van der Waals surface area contributed by atoms with Gasteiger partial charge in [0.25, 0.3) is 0 Å². The van der Waals surface area contributed by atoms with Crippen molar-refractivity contribution in [2.24, 2.45) is 5.73 Å². The number of carbonyl (C=O) groups is 1. The number of hydrogen-bond acceptors (Lipinski definition) is 5. The Morgan fingerprint density at radius 3 is 2.42 bits per heavy atom. The first-order valence-corrected chi connectivity index (χ1v) is 10.9. The molecule has 0 spiro atoms. The molecule has 0 saturated heterocycles. The number of nitrogens with zero attached hydrogens (tertiary/aromatic N) is 1. The van der Waals surface area contributed by atoms with Crippen LogP contribution in [0.1, 0.15) is 22.0 Å². The Morgan fingerprint density at radius 1 is 1.06 bits per heavy atom. The summed E-state index contributed by atoms with van der Waals surface area (Å²) in [6, 6.07) is 19.3. The molecule has 1 heterocycles. The molecule has 158 valence electrons. The standard InChI is InChI=1S/C22H20N4O4S/c23-21(28)16-8-11-18-19(12-16)25-22(24-18)15-6-9-17(10-7-15)31(29,30)26-20(13-27)14-4-2-1-3-5-14/h1-12,20,26-27H,13H2,(H2,23,28)(H,24,25). The topological polar surface area (TPSA) is 138 Å². The van der Waals surface area contributed by atoms with Crippen LogP contribution in [-0.2, 0) is 10.0 Å². The molecule has 0 aliphatic carbocycles. The number of nitrogens with one attached hydrogen (secondary N) is 2. The van der Waals surface area contributed by atoms with E-state index < -0.39 is 22.0 Å². The molecule has 0 aliphatic heterocycles. The zero-order valence-electron chi connectivity index (χ0n) is 16.3. The number of benzene rings is 3. The number of nitrogens with two attached hydrogens (primary N) is 1. The third-order valence-electron chi connectivity index (χ3n) is 4.89. The van der Waals surface area contributed by atoms with Crippen molar-refractivity contribution in [3.05, 3.63) is 83.9 Å². The summed E-state index contributed by atoms with van der Waals surface area (Å²) in [4.78, 5) is 19.0. The minimum Gasteiger partial charge on any atom is -0.394 e. The molecular weight excluding hydrogens is 416 g/mol. The molecule has 0 radical (unpaired) electrons. The summed E-state index contributed by atoms with van der Waals surface area (Å²) in [7, 11) is -3.85. The Morgan fingerprint density at radius 2 is 1.77 bits per heavy atom. The van der Waals surface area contributed by atoms with E-state index in [9.17, 15) is 18.3 Å². The number of fused-ring (bicyclic) bond motifs is 1. The predicted octanol–water partition coefficient (Wildman–Crippen LogP) is 2.34. The van der Waals surface area contributed by atoms with Crippen LogP contribution in [0.2, 0.25) is 0 Å². The van der Waals surface area contributed by atoms with E-state index in [1.165, 1.54) is 12.1 Å². The summed E-state index contributed by atoms with van der Waals surface area (Å²) in [6.45, 7) is -0.367. The van der Waals surface area contributed by atoms with Crippen molar-refractivity contribution in [3.8, 4) is 11.4 Å². The maximum Gasteiger partial charge on any atom is 0.248 e. The Balaban J connectivity index is 1.58. The SMILES string of the molecule is NC(=O)c1ccc2[nH]c(-c3ccc(S(=O)(=O)NC(CO)c4ccccc4)cc3)nc2c1. The first-order valence-electron chi connectivity index (χ1n) is 9.45. The average molecular weight is 436 g/mol. The highest BCUT2D eigenvalue weighted by molar-refractivity contribution is 7.89. The minimum absolute atomic E-state index is 0.0674. The molecule has 4 aromatic rings. The lowest BCUT2D eigenvalue weighted by molar-refractivity contribution is 0.100. The molecule has 0 saturated carbocycles. The summed E-state index contributed by atoms with van der Waals surface area (Å²) in [5, 5.41) is 9.64. The molecule has 31 heavy (non-hydrogen) atoms. The van der Waals surface area contributed by atoms with Gasteiger partial charge in [-0.15, -0.1) is 0 Å². The van der Waals surface area contributed by atoms with Gasteiger partial charge in [0.1, 0.15) is 5.82 Å². The summed E-state index contributed by atoms with van der Waals surface area (Å²) in [5.74, 6) is -0.00348. The minimum atomic E-state index is -3.85. The number of aromatic nitrogens is 2. The van der Waals surface area contributed by atoms with E-state index in [-0.39, 0.29) is 11.5 Å². The molecule has 0 fully saturated rings. The van der Waals surface area contributed by atoms with Crippen LogP contribution in [0.3, 0.4) is 0 Å². The quantitative estimate of drug-likeness (QED) is 0.352. The van der Waals surface area contributed by atoms with Crippen LogP contribution >= 0.6 is 0 Å². The van der Waals surface area contributed by atoms with Crippen LogP contribution in [-0.4, -0.2) is 36.0 Å². The van der Waals surface area contributed by atoms with Gasteiger partial charge in [-0.1, -0.05) is 30.3 Å². The van der Waals surface area contributed by atoms with Crippen LogP contribution in [0.5, 0.6) is 0 Å². The van der Waals surface area contributed by atoms with Gasteiger partial charge in [0.2, 0.25) is 15.9 Å². The van der Waals surface area contributed by atoms with Gasteiger partial charge in [0.05, 0.1) is 28.6 Å². The summed E-state index contributed by atoms with van der Waals surface area (Å²) < 4.78 is 28.1. The second kappa shape index (κ2) is 8.31. The van der Waals surface area contributed by atoms with Gasteiger partial charge >= 0.3 is 0 Å². The maximum atomic E-state index is 12.8. The number of carbonyl (C=O) groups excluding carboxylic acids is 1. The van der Waals surface area contributed by atoms with Crippen LogP contribution in [0.15, 0.2) is 77.7 Å². The lowest BCUT2D eigenvalue weighted by Gasteiger charge is -2.17. The van der Waals surface area contributed by atoms with E-state index >= 15 is 0 Å². The monoisotopic (exact) mass is 436 g/mol. The summed E-state index contributed by atoms with van der Waals surface area (Å²) >= 11 is 0. The number of aromatic amines is 1. The highest BCUT2D eigenvalue weighted by Crippen LogP contribution is 2.24. The molecular formula is C22H20N4O4S. The first-order chi connectivity index (χ1) is 14.9. The van der Waals surface area contributed by atoms with Crippen LogP contribution < -0.4 is 10.5 Å². The van der Waals surface area contributed by atoms with Gasteiger partial charge in [-0.05, 0) is 48.0 Å². The molecule has 5 N–H and O–H groups in total. The zero-order valence-corrected chi connectivity index (χ0v) is 17.1. The number of sulfonamides is 1. The molecule has 1 amide bonds. The number of primary amides is 1. The fraction of sp³-hybridized carbons (Fsp3) is 0.0909. The number of imidazole rings is 1. The van der Waals surface area contributed by atoms with E-state index in [1.54, 1.807) is 54.6 Å². The second-order valence-electron chi connectivity index (χ2n) is 6.97. The van der Waals surface area contributed by atoms with E-state index in [0.717, 1.165) is 5.52 Å². The number of aliphatic hydroxyl groups excluding tert-OH is 1. The lowest BCUT2D eigenvalue weighted by Crippen LogP contribution is -2.30. The van der Waals surface area contributed by atoms with Gasteiger partial charge in [-0.2, -0.15) is 0 Å². The number of hydrogen-bond donors (Lipinski definition) is 4. The van der Waals surface area contributed by atoms with Crippen molar-refractivity contribution >= 4 is 27.0 Å². The van der Waals surface area contributed by atoms with Crippen LogP contribution in [0.4, 0.5) is 0 Å². The Hall–Kier alpha value is -3.53. The molecule has 9 heteroatoms. The molecule has 8 nitrogen and oxygen atoms in total. The van der Waals surface area contributed by atoms with E-state index in [0.29, 0.717) is 28.0 Å². The van der Waals surface area contributed by atoms with Crippen molar-refractivity contribution < 1.29 is 18.3 Å². The highest BCUT2D eigenvalue weighted by Gasteiger charge is 2.21. The predicted molar refractivity (Wildman–Crippen MR) is 117 cm³/mol. The maximum absolute atomic E-state index is 12.8. The number of aliphatic hydroxyl groups is 1. The summed E-state index contributed by atoms with van der Waals surface area (Å²) in [5.41, 5.74) is 8.32. The number of H-pyrrole nitrogens is 1. The van der Waals surface area contributed by atoms with E-state index in [2.05, 4.69) is 14.7 Å². The molecule has 3 aromatic carbocycles. The molecule has 1 aromatic heterocycles. The van der Waals surface area contributed by atoms with Gasteiger partial charge in [0.15, 0.2) is 0 Å². The Kier molecular flexibility index (Phi) is 5.55. The van der Waals surface area contributed by atoms with Crippen molar-refractivity contribution in [1.82, 2.24) is 14.7 Å². The molecule has 4 rings (SSSR count). The molecule has 0 bridgehead atoms. The van der Waals surface area contributed by atoms with E-state index in [4.69, 9.17) is 5.73 Å². The zero-order chi connectivity index (χ0) is 22.0. The molecule has 0 aliphatic rings. The fourth-order valence-corrected chi connectivity index (χ4v) is 4.45. The van der Waals surface area contributed by atoms with Crippen molar-refractivity contribution in [1.29, 1.82) is 0 Å². The third-order valence-corrected chi connectivity index (χ3v) is 6.38. The second-order valence-corrected chi connectivity index (χ2v) is 8.69. The molecule has 1 atom stereocenters.